The normalized spacial score (nSPS) is 38.9. The van der Waals surface area contributed by atoms with Gasteiger partial charge in [-0.3, -0.25) is 4.79 Å². The first-order valence-electron chi connectivity index (χ1n) is 8.86. The summed E-state index contributed by atoms with van der Waals surface area (Å²) in [6.07, 6.45) is 4.74. The molecule has 3 fully saturated rings. The van der Waals surface area contributed by atoms with Crippen LogP contribution in [0.5, 0.6) is 0 Å². The van der Waals surface area contributed by atoms with Crippen molar-refractivity contribution in [2.45, 2.75) is 31.1 Å². The van der Waals surface area contributed by atoms with Gasteiger partial charge in [-0.25, -0.2) is 0 Å². The van der Waals surface area contributed by atoms with E-state index in [1.165, 1.54) is 30.4 Å². The lowest BCUT2D eigenvalue weighted by atomic mass is 9.78. The zero-order chi connectivity index (χ0) is 14.7. The van der Waals surface area contributed by atoms with Crippen molar-refractivity contribution in [2.24, 2.45) is 17.8 Å². The molecule has 1 amide bonds. The molecule has 4 atom stereocenters. The highest BCUT2D eigenvalue weighted by molar-refractivity contribution is 5.85. The molecule has 2 heterocycles. The van der Waals surface area contributed by atoms with E-state index < -0.39 is 0 Å². The molecule has 1 aromatic rings. The minimum atomic E-state index is 0.196. The Morgan fingerprint density at radius 3 is 2.77 bits per heavy atom. The molecular formula is C19H24N2O. The Kier molecular flexibility index (Phi) is 2.73. The Morgan fingerprint density at radius 1 is 1.18 bits per heavy atom. The highest BCUT2D eigenvalue weighted by Gasteiger charge is 2.61. The van der Waals surface area contributed by atoms with Crippen LogP contribution in [0.15, 0.2) is 24.3 Å². The predicted molar refractivity (Wildman–Crippen MR) is 85.6 cm³/mol. The molecule has 2 unspecified atom stereocenters. The van der Waals surface area contributed by atoms with Crippen molar-refractivity contribution in [3.05, 3.63) is 35.4 Å². The van der Waals surface area contributed by atoms with Gasteiger partial charge >= 0.3 is 0 Å². The standard InChI is InChI=1S/C19H24N2O/c22-18(21-11-14-9-20-10-15(14)12-21)17-8-19(17)7-3-5-13-4-1-2-6-16(13)19/h1-2,4,6,14-15,17,20H,3,5,7-12H2/t14-,15+,17?,19?. The Hall–Kier alpha value is -1.35. The summed E-state index contributed by atoms with van der Waals surface area (Å²) in [4.78, 5) is 15.2. The third kappa shape index (κ3) is 1.75. The maximum absolute atomic E-state index is 13.0. The number of likely N-dealkylation sites (tertiary alicyclic amines) is 1. The zero-order valence-corrected chi connectivity index (χ0v) is 13.1. The van der Waals surface area contributed by atoms with E-state index in [-0.39, 0.29) is 11.3 Å². The summed E-state index contributed by atoms with van der Waals surface area (Å²) in [5.41, 5.74) is 3.18. The highest BCUT2D eigenvalue weighted by Crippen LogP contribution is 2.61. The minimum absolute atomic E-state index is 0.196. The number of benzene rings is 1. The third-order valence-corrected chi connectivity index (χ3v) is 6.70. The smallest absolute Gasteiger partial charge is 0.226 e. The molecule has 2 saturated heterocycles. The van der Waals surface area contributed by atoms with Crippen LogP contribution in [0.4, 0.5) is 0 Å². The molecule has 2 aliphatic carbocycles. The molecule has 1 saturated carbocycles. The molecule has 2 aliphatic heterocycles. The van der Waals surface area contributed by atoms with E-state index in [0.29, 0.717) is 17.7 Å². The van der Waals surface area contributed by atoms with E-state index >= 15 is 0 Å². The van der Waals surface area contributed by atoms with Gasteiger partial charge in [0.05, 0.1) is 0 Å². The van der Waals surface area contributed by atoms with E-state index in [0.717, 1.165) is 32.6 Å². The van der Waals surface area contributed by atoms with Crippen LogP contribution < -0.4 is 5.32 Å². The molecule has 1 spiro atoms. The fourth-order valence-corrected chi connectivity index (χ4v) is 5.41. The molecule has 5 rings (SSSR count). The van der Waals surface area contributed by atoms with Crippen molar-refractivity contribution in [3.63, 3.8) is 0 Å². The summed E-state index contributed by atoms with van der Waals surface area (Å²) >= 11 is 0. The average Bonchev–Trinajstić information content (AvgIpc) is 2.89. The van der Waals surface area contributed by atoms with Crippen LogP contribution in [0.3, 0.4) is 0 Å². The summed E-state index contributed by atoms with van der Waals surface area (Å²) in [5.74, 6) is 2.13. The highest BCUT2D eigenvalue weighted by atomic mass is 16.2. The summed E-state index contributed by atoms with van der Waals surface area (Å²) in [6, 6.07) is 8.84. The van der Waals surface area contributed by atoms with Gasteiger partial charge in [-0.05, 0) is 48.6 Å². The maximum atomic E-state index is 13.0. The molecule has 0 radical (unpaired) electrons. The molecule has 1 N–H and O–H groups in total. The van der Waals surface area contributed by atoms with Gasteiger partial charge < -0.3 is 10.2 Å². The van der Waals surface area contributed by atoms with Crippen LogP contribution in [0.25, 0.3) is 0 Å². The number of hydrogen-bond acceptors (Lipinski definition) is 2. The number of rotatable bonds is 1. The van der Waals surface area contributed by atoms with Gasteiger partial charge in [0.2, 0.25) is 5.91 Å². The number of nitrogens with one attached hydrogen (secondary N) is 1. The van der Waals surface area contributed by atoms with Gasteiger partial charge in [0.1, 0.15) is 0 Å². The van der Waals surface area contributed by atoms with E-state index in [1.54, 1.807) is 0 Å². The Labute approximate surface area is 132 Å². The molecule has 0 bridgehead atoms. The Balaban J connectivity index is 1.38. The van der Waals surface area contributed by atoms with E-state index in [1.807, 2.05) is 0 Å². The molecule has 3 heteroatoms. The van der Waals surface area contributed by atoms with Crippen LogP contribution in [0, 0.1) is 17.8 Å². The van der Waals surface area contributed by atoms with Crippen LogP contribution in [0.2, 0.25) is 0 Å². The lowest BCUT2D eigenvalue weighted by molar-refractivity contribution is -0.132. The lowest BCUT2D eigenvalue weighted by Crippen LogP contribution is -2.35. The monoisotopic (exact) mass is 296 g/mol. The van der Waals surface area contributed by atoms with Crippen molar-refractivity contribution in [2.75, 3.05) is 26.2 Å². The first kappa shape index (κ1) is 13.1. The lowest BCUT2D eigenvalue weighted by Gasteiger charge is -2.27. The van der Waals surface area contributed by atoms with Gasteiger partial charge in [0.25, 0.3) is 0 Å². The average molecular weight is 296 g/mol. The van der Waals surface area contributed by atoms with E-state index in [2.05, 4.69) is 34.5 Å². The molecule has 4 aliphatic rings. The van der Waals surface area contributed by atoms with Crippen molar-refractivity contribution in [3.8, 4) is 0 Å². The summed E-state index contributed by atoms with van der Waals surface area (Å²) in [5, 5.41) is 3.46. The molecular weight excluding hydrogens is 272 g/mol. The van der Waals surface area contributed by atoms with Gasteiger partial charge in [-0.2, -0.15) is 0 Å². The van der Waals surface area contributed by atoms with E-state index in [4.69, 9.17) is 0 Å². The van der Waals surface area contributed by atoms with Crippen LogP contribution in [-0.2, 0) is 16.6 Å². The SMILES string of the molecule is O=C(C1CC12CCCc1ccccc12)N1C[C@H]2CNC[C@H]2C1. The van der Waals surface area contributed by atoms with Crippen LogP contribution in [0.1, 0.15) is 30.4 Å². The quantitative estimate of drug-likeness (QED) is 0.859. The Bertz CT molecular complexity index is 616. The summed E-state index contributed by atoms with van der Waals surface area (Å²) in [7, 11) is 0. The second kappa shape index (κ2) is 4.58. The molecule has 3 nitrogen and oxygen atoms in total. The largest absolute Gasteiger partial charge is 0.342 e. The number of fused-ring (bicyclic) bond motifs is 3. The third-order valence-electron chi connectivity index (χ3n) is 6.70. The summed E-state index contributed by atoms with van der Waals surface area (Å²) in [6.45, 7) is 4.19. The number of hydrogen-bond donors (Lipinski definition) is 1. The van der Waals surface area contributed by atoms with E-state index in [9.17, 15) is 4.79 Å². The van der Waals surface area contributed by atoms with Crippen molar-refractivity contribution in [1.82, 2.24) is 10.2 Å². The second-order valence-corrected chi connectivity index (χ2v) is 7.85. The predicted octanol–water partition coefficient (Wildman–Crippen LogP) is 1.96. The summed E-state index contributed by atoms with van der Waals surface area (Å²) < 4.78 is 0. The van der Waals surface area contributed by atoms with Crippen molar-refractivity contribution >= 4 is 5.91 Å². The fraction of sp³-hybridized carbons (Fsp3) is 0.632. The van der Waals surface area contributed by atoms with Crippen molar-refractivity contribution in [1.29, 1.82) is 0 Å². The van der Waals surface area contributed by atoms with Gasteiger partial charge in [0, 0.05) is 37.5 Å². The fourth-order valence-electron chi connectivity index (χ4n) is 5.41. The number of aryl methyl sites for hydroxylation is 1. The zero-order valence-electron chi connectivity index (χ0n) is 13.1. The number of nitrogens with zero attached hydrogens (tertiary/aromatic N) is 1. The minimum Gasteiger partial charge on any atom is -0.342 e. The van der Waals surface area contributed by atoms with Gasteiger partial charge in [0.15, 0.2) is 0 Å². The van der Waals surface area contributed by atoms with Gasteiger partial charge in [-0.15, -0.1) is 0 Å². The molecule has 1 aromatic carbocycles. The number of carbonyl (C=O) groups is 1. The van der Waals surface area contributed by atoms with Crippen molar-refractivity contribution < 1.29 is 4.79 Å². The second-order valence-electron chi connectivity index (χ2n) is 7.85. The first-order valence-corrected chi connectivity index (χ1v) is 8.86. The molecule has 22 heavy (non-hydrogen) atoms. The topological polar surface area (TPSA) is 32.3 Å². The maximum Gasteiger partial charge on any atom is 0.226 e. The molecule has 0 aromatic heterocycles. The van der Waals surface area contributed by atoms with Gasteiger partial charge in [-0.1, -0.05) is 24.3 Å². The van der Waals surface area contributed by atoms with Crippen LogP contribution in [-0.4, -0.2) is 37.0 Å². The Morgan fingerprint density at radius 2 is 1.95 bits per heavy atom. The van der Waals surface area contributed by atoms with Crippen LogP contribution >= 0.6 is 0 Å². The molecule has 116 valence electrons. The first-order chi connectivity index (χ1) is 10.8. The number of carbonyl (C=O) groups excluding carboxylic acids is 1. The number of amides is 1.